The third kappa shape index (κ3) is 6.97. The van der Waals surface area contributed by atoms with Gasteiger partial charge in [0.15, 0.2) is 0 Å². The molecule has 0 amide bonds. The molecule has 1 aliphatic rings. The first kappa shape index (κ1) is 25.0. The Morgan fingerprint density at radius 3 is 1.31 bits per heavy atom. The standard InChI is InChI=1S/C21H15B3F6O5/c1-14-5-2-6-15(11-14)22-33-23(16-7-3-9-18(12-16)31-20(25,26)27)35-24(34-22)17-8-4-10-19(13-17)32-21(28,29)30/h2-13H,1H3. The lowest BCUT2D eigenvalue weighted by Gasteiger charge is -2.31. The molecule has 0 spiro atoms. The third-order valence-electron chi connectivity index (χ3n) is 4.78. The van der Waals surface area contributed by atoms with Gasteiger partial charge in [-0.1, -0.05) is 54.1 Å². The van der Waals surface area contributed by atoms with Gasteiger partial charge in [-0.25, -0.2) is 0 Å². The molecule has 0 bridgehead atoms. The molecule has 0 atom stereocenters. The number of alkyl halides is 6. The highest BCUT2D eigenvalue weighted by molar-refractivity contribution is 6.87. The summed E-state index contributed by atoms with van der Waals surface area (Å²) in [5.41, 5.74) is 1.82. The minimum atomic E-state index is -4.90. The molecule has 0 unspecified atom stereocenters. The zero-order chi connectivity index (χ0) is 25.2. The number of hydrogen-bond acceptors (Lipinski definition) is 5. The number of benzene rings is 3. The Labute approximate surface area is 197 Å². The summed E-state index contributed by atoms with van der Waals surface area (Å²) in [7, 11) is -3.51. The van der Waals surface area contributed by atoms with Crippen molar-refractivity contribution >= 4 is 37.7 Å². The van der Waals surface area contributed by atoms with Crippen molar-refractivity contribution in [2.75, 3.05) is 0 Å². The number of hydrogen-bond donors (Lipinski definition) is 0. The van der Waals surface area contributed by atoms with Gasteiger partial charge in [0.1, 0.15) is 11.5 Å². The molecular formula is C21H15B3F6O5. The van der Waals surface area contributed by atoms with Gasteiger partial charge in [0.05, 0.1) is 0 Å². The molecule has 5 nitrogen and oxygen atoms in total. The summed E-state index contributed by atoms with van der Waals surface area (Å²) in [5.74, 6) is -0.976. The highest BCUT2D eigenvalue weighted by Crippen LogP contribution is 2.23. The summed E-state index contributed by atoms with van der Waals surface area (Å²) in [6, 6.07) is 17.1. The molecule has 14 heteroatoms. The Hall–Kier alpha value is -3.09. The predicted molar refractivity (Wildman–Crippen MR) is 117 cm³/mol. The van der Waals surface area contributed by atoms with Crippen molar-refractivity contribution in [2.24, 2.45) is 0 Å². The minimum absolute atomic E-state index is 0.181. The molecule has 3 aromatic rings. The fourth-order valence-electron chi connectivity index (χ4n) is 3.44. The van der Waals surface area contributed by atoms with Crippen molar-refractivity contribution in [1.29, 1.82) is 0 Å². The topological polar surface area (TPSA) is 46.2 Å². The molecule has 0 N–H and O–H groups in total. The van der Waals surface area contributed by atoms with Crippen molar-refractivity contribution in [3.63, 3.8) is 0 Å². The van der Waals surface area contributed by atoms with Crippen molar-refractivity contribution in [2.45, 2.75) is 19.6 Å². The fourth-order valence-corrected chi connectivity index (χ4v) is 3.44. The second kappa shape index (κ2) is 9.88. The number of halogens is 6. The summed E-state index contributed by atoms with van der Waals surface area (Å²) in [4.78, 5) is 0. The SMILES string of the molecule is Cc1cccc(B2OB(c3cccc(OC(F)(F)F)c3)OB(c3cccc(OC(F)(F)F)c3)O2)c1. The van der Waals surface area contributed by atoms with Crippen LogP contribution in [0.25, 0.3) is 0 Å². The largest absolute Gasteiger partial charge is 0.573 e. The van der Waals surface area contributed by atoms with E-state index in [0.29, 0.717) is 5.46 Å². The van der Waals surface area contributed by atoms with Crippen LogP contribution < -0.4 is 25.9 Å². The number of aryl methyl sites for hydroxylation is 1. The van der Waals surface area contributed by atoms with Crippen LogP contribution in [0.4, 0.5) is 26.3 Å². The molecular weight excluding hydrogens is 479 g/mol. The lowest BCUT2D eigenvalue weighted by molar-refractivity contribution is -0.275. The van der Waals surface area contributed by atoms with Crippen LogP contribution in [0.2, 0.25) is 0 Å². The van der Waals surface area contributed by atoms with Crippen molar-refractivity contribution in [3.05, 3.63) is 78.4 Å². The summed E-state index contributed by atoms with van der Waals surface area (Å²) < 4.78 is 102. The minimum Gasteiger partial charge on any atom is -0.445 e. The van der Waals surface area contributed by atoms with E-state index in [9.17, 15) is 26.3 Å². The molecule has 180 valence electrons. The van der Waals surface area contributed by atoms with Crippen LogP contribution in [-0.4, -0.2) is 34.1 Å². The Morgan fingerprint density at radius 1 is 0.571 bits per heavy atom. The summed E-state index contributed by atoms with van der Waals surface area (Å²) >= 11 is 0. The van der Waals surface area contributed by atoms with Gasteiger partial charge in [-0.05, 0) is 47.6 Å². The predicted octanol–water partition coefficient (Wildman–Crippen LogP) is 3.34. The highest BCUT2D eigenvalue weighted by Gasteiger charge is 2.44. The van der Waals surface area contributed by atoms with Crippen LogP contribution in [-0.2, 0) is 13.7 Å². The van der Waals surface area contributed by atoms with Gasteiger partial charge in [-0.3, -0.25) is 0 Å². The summed E-state index contributed by atoms with van der Waals surface area (Å²) in [6.07, 6.45) is -9.80. The van der Waals surface area contributed by atoms with E-state index < -0.39 is 45.6 Å². The summed E-state index contributed by atoms with van der Waals surface area (Å²) in [5, 5.41) is 0. The monoisotopic (exact) mass is 494 g/mol. The number of ether oxygens (including phenoxy) is 2. The second-order valence-electron chi connectivity index (χ2n) is 7.56. The van der Waals surface area contributed by atoms with Crippen molar-refractivity contribution in [3.8, 4) is 11.5 Å². The van der Waals surface area contributed by atoms with Gasteiger partial charge in [-0.2, -0.15) is 0 Å². The van der Waals surface area contributed by atoms with E-state index in [2.05, 4.69) is 9.47 Å². The van der Waals surface area contributed by atoms with E-state index in [4.69, 9.17) is 13.7 Å². The van der Waals surface area contributed by atoms with Gasteiger partial charge in [0.2, 0.25) is 0 Å². The van der Waals surface area contributed by atoms with Crippen molar-refractivity contribution < 1.29 is 49.5 Å². The van der Waals surface area contributed by atoms with E-state index in [-0.39, 0.29) is 10.9 Å². The maximum absolute atomic E-state index is 12.7. The molecule has 0 saturated carbocycles. The molecule has 1 heterocycles. The Balaban J connectivity index is 1.67. The second-order valence-corrected chi connectivity index (χ2v) is 7.56. The van der Waals surface area contributed by atoms with Gasteiger partial charge >= 0.3 is 34.1 Å². The lowest BCUT2D eigenvalue weighted by atomic mass is 9.61. The maximum Gasteiger partial charge on any atom is 0.573 e. The van der Waals surface area contributed by atoms with Gasteiger partial charge in [0.25, 0.3) is 0 Å². The van der Waals surface area contributed by atoms with Crippen LogP contribution in [0.3, 0.4) is 0 Å². The van der Waals surface area contributed by atoms with E-state index in [1.165, 1.54) is 24.3 Å². The summed E-state index contributed by atoms with van der Waals surface area (Å²) in [6.45, 7) is 1.84. The van der Waals surface area contributed by atoms with Crippen LogP contribution in [0.5, 0.6) is 11.5 Å². The van der Waals surface area contributed by atoms with Crippen molar-refractivity contribution in [1.82, 2.24) is 0 Å². The molecule has 0 aliphatic carbocycles. The molecule has 1 fully saturated rings. The van der Waals surface area contributed by atoms with Gasteiger partial charge in [0, 0.05) is 0 Å². The molecule has 0 radical (unpaired) electrons. The zero-order valence-corrected chi connectivity index (χ0v) is 18.0. The molecule has 1 saturated heterocycles. The Bertz CT molecular complexity index is 1110. The smallest absolute Gasteiger partial charge is 0.445 e. The quantitative estimate of drug-likeness (QED) is 0.403. The van der Waals surface area contributed by atoms with Gasteiger partial charge in [-0.15, -0.1) is 26.3 Å². The highest BCUT2D eigenvalue weighted by atomic mass is 19.4. The molecule has 4 rings (SSSR count). The van der Waals surface area contributed by atoms with Crippen LogP contribution >= 0.6 is 0 Å². The van der Waals surface area contributed by atoms with E-state index in [0.717, 1.165) is 29.8 Å². The first-order valence-corrected chi connectivity index (χ1v) is 10.2. The maximum atomic E-state index is 12.7. The average Bonchev–Trinajstić information content (AvgIpc) is 2.77. The lowest BCUT2D eigenvalue weighted by Crippen LogP contribution is -2.61. The van der Waals surface area contributed by atoms with Crippen LogP contribution in [0.1, 0.15) is 5.56 Å². The van der Waals surface area contributed by atoms with E-state index in [1.54, 1.807) is 18.2 Å². The molecule has 0 aromatic heterocycles. The van der Waals surface area contributed by atoms with E-state index in [1.807, 2.05) is 13.0 Å². The zero-order valence-electron chi connectivity index (χ0n) is 18.0. The van der Waals surface area contributed by atoms with Crippen LogP contribution in [0.15, 0.2) is 72.8 Å². The molecule has 35 heavy (non-hydrogen) atoms. The molecule has 3 aromatic carbocycles. The fraction of sp³-hybridized carbons (Fsp3) is 0.143. The average molecular weight is 494 g/mol. The number of rotatable bonds is 5. The van der Waals surface area contributed by atoms with Gasteiger partial charge < -0.3 is 23.2 Å². The first-order valence-electron chi connectivity index (χ1n) is 10.2. The normalized spacial score (nSPS) is 14.8. The first-order chi connectivity index (χ1) is 16.4. The third-order valence-corrected chi connectivity index (χ3v) is 4.78. The Morgan fingerprint density at radius 2 is 0.943 bits per heavy atom. The molecule has 1 aliphatic heterocycles. The van der Waals surface area contributed by atoms with E-state index >= 15 is 0 Å². The van der Waals surface area contributed by atoms with Crippen LogP contribution in [0, 0.1) is 6.92 Å². The Kier molecular flexibility index (Phi) is 7.06.